The van der Waals surface area contributed by atoms with Crippen LogP contribution in [0.15, 0.2) is 73.0 Å². The van der Waals surface area contributed by atoms with Crippen LogP contribution in [0, 0.1) is 0 Å². The summed E-state index contributed by atoms with van der Waals surface area (Å²) in [5, 5.41) is 10.5. The van der Waals surface area contributed by atoms with Crippen LogP contribution < -0.4 is 4.74 Å². The molecule has 1 N–H and O–H groups in total. The van der Waals surface area contributed by atoms with E-state index in [2.05, 4.69) is 0 Å². The molecular weight excluding hydrogens is 302 g/mol. The van der Waals surface area contributed by atoms with Gasteiger partial charge in [-0.25, -0.2) is 4.79 Å². The molecule has 0 radical (unpaired) electrons. The van der Waals surface area contributed by atoms with Gasteiger partial charge >= 0.3 is 5.97 Å². The first kappa shape index (κ1) is 14.3. The maximum Gasteiger partial charge on any atom is 0.352 e. The Morgan fingerprint density at radius 3 is 2.83 bits per heavy atom. The van der Waals surface area contributed by atoms with Crippen LogP contribution in [0.3, 0.4) is 0 Å². The normalized spacial score (nSPS) is 13.2. The van der Waals surface area contributed by atoms with E-state index >= 15 is 0 Å². The molecule has 2 heterocycles. The first-order valence-corrected chi connectivity index (χ1v) is 7.68. The highest BCUT2D eigenvalue weighted by molar-refractivity contribution is 6.01. The fourth-order valence-electron chi connectivity index (χ4n) is 3.07. The van der Waals surface area contributed by atoms with Gasteiger partial charge in [-0.3, -0.25) is 0 Å². The van der Waals surface area contributed by atoms with Crippen molar-refractivity contribution in [3.63, 3.8) is 0 Å². The van der Waals surface area contributed by atoms with E-state index < -0.39 is 5.97 Å². The minimum absolute atomic E-state index is 0.288. The average Bonchev–Trinajstić information content (AvgIpc) is 2.96. The van der Waals surface area contributed by atoms with E-state index in [1.807, 2.05) is 59.2 Å². The average molecular weight is 317 g/mol. The summed E-state index contributed by atoms with van der Waals surface area (Å²) in [6, 6.07) is 15.4. The van der Waals surface area contributed by atoms with Gasteiger partial charge in [0.2, 0.25) is 0 Å². The number of aromatic carboxylic acids is 1. The second-order valence-electron chi connectivity index (χ2n) is 5.59. The minimum atomic E-state index is -0.926. The molecule has 0 spiro atoms. The molecule has 0 fully saturated rings. The summed E-state index contributed by atoms with van der Waals surface area (Å²) in [5.74, 6) is -0.184. The molecule has 0 atom stereocenters. The monoisotopic (exact) mass is 317 g/mol. The number of allylic oxidation sites excluding steroid dienone is 3. The number of hydrogen-bond acceptors (Lipinski definition) is 2. The second-order valence-corrected chi connectivity index (χ2v) is 5.59. The Morgan fingerprint density at radius 1 is 1.08 bits per heavy atom. The molecule has 1 aliphatic heterocycles. The third-order valence-corrected chi connectivity index (χ3v) is 4.10. The third-order valence-electron chi connectivity index (χ3n) is 4.10. The Balaban J connectivity index is 2.07. The first-order valence-electron chi connectivity index (χ1n) is 7.68. The van der Waals surface area contributed by atoms with Crippen LogP contribution in [-0.2, 0) is 6.54 Å². The van der Waals surface area contributed by atoms with Gasteiger partial charge in [-0.15, -0.1) is 0 Å². The molecule has 4 nitrogen and oxygen atoms in total. The number of fused-ring (bicyclic) bond motifs is 3. The molecule has 0 saturated heterocycles. The summed E-state index contributed by atoms with van der Waals surface area (Å²) >= 11 is 0. The number of rotatable bonds is 1. The van der Waals surface area contributed by atoms with Gasteiger partial charge in [0.25, 0.3) is 0 Å². The van der Waals surface area contributed by atoms with Crippen molar-refractivity contribution in [1.82, 2.24) is 4.57 Å². The highest BCUT2D eigenvalue weighted by atomic mass is 16.5. The zero-order valence-electron chi connectivity index (χ0n) is 12.8. The lowest BCUT2D eigenvalue weighted by Crippen LogP contribution is -2.07. The maximum atomic E-state index is 11.7. The van der Waals surface area contributed by atoms with Gasteiger partial charge < -0.3 is 14.4 Å². The molecule has 118 valence electrons. The van der Waals surface area contributed by atoms with E-state index in [4.69, 9.17) is 4.74 Å². The zero-order valence-corrected chi connectivity index (χ0v) is 12.8. The highest BCUT2D eigenvalue weighted by Gasteiger charge is 2.17. The molecule has 0 amide bonds. The van der Waals surface area contributed by atoms with E-state index in [1.165, 1.54) is 0 Å². The number of carboxylic acids is 1. The zero-order chi connectivity index (χ0) is 16.5. The molecule has 4 rings (SSSR count). The molecule has 0 aliphatic carbocycles. The van der Waals surface area contributed by atoms with E-state index in [-0.39, 0.29) is 5.69 Å². The van der Waals surface area contributed by atoms with Gasteiger partial charge in [-0.05, 0) is 29.8 Å². The van der Waals surface area contributed by atoms with Gasteiger partial charge in [-0.1, -0.05) is 42.5 Å². The van der Waals surface area contributed by atoms with Crippen molar-refractivity contribution in [2.45, 2.75) is 6.54 Å². The fraction of sp³-hybridized carbons (Fsp3) is 0.0500. The summed E-state index contributed by atoms with van der Waals surface area (Å²) in [4.78, 5) is 11.7. The van der Waals surface area contributed by atoms with Gasteiger partial charge in [0.05, 0.1) is 11.8 Å². The van der Waals surface area contributed by atoms with Crippen molar-refractivity contribution >= 4 is 16.9 Å². The molecule has 2 bridgehead atoms. The number of carboxylic acid groups (broad SMARTS) is 1. The predicted octanol–water partition coefficient (Wildman–Crippen LogP) is 4.47. The highest BCUT2D eigenvalue weighted by Crippen LogP contribution is 2.33. The Hall–Kier alpha value is -3.27. The summed E-state index contributed by atoms with van der Waals surface area (Å²) in [5.41, 5.74) is 3.19. The van der Waals surface area contributed by atoms with Crippen molar-refractivity contribution in [3.8, 4) is 16.9 Å². The number of hydrogen-bond donors (Lipinski definition) is 1. The Kier molecular flexibility index (Phi) is 3.43. The van der Waals surface area contributed by atoms with Crippen LogP contribution in [-0.4, -0.2) is 15.6 Å². The van der Waals surface area contributed by atoms with E-state index in [1.54, 1.807) is 18.4 Å². The largest absolute Gasteiger partial charge is 0.477 e. The van der Waals surface area contributed by atoms with Crippen LogP contribution >= 0.6 is 0 Å². The second kappa shape index (κ2) is 5.74. The van der Waals surface area contributed by atoms with Crippen molar-refractivity contribution in [3.05, 3.63) is 78.7 Å². The van der Waals surface area contributed by atoms with Crippen LogP contribution in [0.4, 0.5) is 0 Å². The van der Waals surface area contributed by atoms with Gasteiger partial charge in [0.15, 0.2) is 0 Å². The molecule has 2 aromatic carbocycles. The van der Waals surface area contributed by atoms with E-state index in [9.17, 15) is 9.90 Å². The summed E-state index contributed by atoms with van der Waals surface area (Å²) in [6.45, 7) is 0.478. The van der Waals surface area contributed by atoms with Crippen molar-refractivity contribution in [1.29, 1.82) is 0 Å². The van der Waals surface area contributed by atoms with Crippen molar-refractivity contribution < 1.29 is 14.6 Å². The number of aromatic nitrogens is 1. The van der Waals surface area contributed by atoms with Crippen LogP contribution in [0.1, 0.15) is 10.5 Å². The SMILES string of the molecule is O=C(O)c1cc2cccc3c2n1CC=CC=COc1cccc-3c1. The smallest absolute Gasteiger partial charge is 0.352 e. The summed E-state index contributed by atoms with van der Waals surface area (Å²) in [7, 11) is 0. The van der Waals surface area contributed by atoms with Crippen LogP contribution in [0.25, 0.3) is 22.0 Å². The van der Waals surface area contributed by atoms with Crippen molar-refractivity contribution in [2.75, 3.05) is 0 Å². The van der Waals surface area contributed by atoms with Gasteiger partial charge in [-0.2, -0.15) is 0 Å². The molecule has 1 aromatic heterocycles. The minimum Gasteiger partial charge on any atom is -0.477 e. The molecule has 0 unspecified atom stereocenters. The summed E-state index contributed by atoms with van der Waals surface area (Å²) in [6.07, 6.45) is 7.18. The Morgan fingerprint density at radius 2 is 1.96 bits per heavy atom. The lowest BCUT2D eigenvalue weighted by Gasteiger charge is -2.11. The lowest BCUT2D eigenvalue weighted by atomic mass is 10.0. The van der Waals surface area contributed by atoms with Crippen molar-refractivity contribution in [2.24, 2.45) is 0 Å². The number of ether oxygens (including phenoxy) is 1. The maximum absolute atomic E-state index is 11.7. The predicted molar refractivity (Wildman–Crippen MR) is 93.2 cm³/mol. The topological polar surface area (TPSA) is 51.5 Å². The quantitative estimate of drug-likeness (QED) is 0.720. The van der Waals surface area contributed by atoms with E-state index in [0.29, 0.717) is 6.54 Å². The lowest BCUT2D eigenvalue weighted by molar-refractivity contribution is 0.0686. The van der Waals surface area contributed by atoms with Crippen LogP contribution in [0.5, 0.6) is 5.75 Å². The fourth-order valence-corrected chi connectivity index (χ4v) is 3.07. The molecule has 24 heavy (non-hydrogen) atoms. The Labute approximate surface area is 138 Å². The number of benzene rings is 2. The summed E-state index contributed by atoms with van der Waals surface area (Å²) < 4.78 is 7.45. The number of para-hydroxylation sites is 1. The molecule has 1 aliphatic rings. The Bertz CT molecular complexity index is 995. The molecule has 0 saturated carbocycles. The molecular formula is C20H15NO3. The van der Waals surface area contributed by atoms with Crippen LogP contribution in [0.2, 0.25) is 0 Å². The molecule has 4 heteroatoms. The van der Waals surface area contributed by atoms with E-state index in [0.717, 1.165) is 27.8 Å². The van der Waals surface area contributed by atoms with Gasteiger partial charge in [0, 0.05) is 17.5 Å². The number of carbonyl (C=O) groups is 1. The first-order chi connectivity index (χ1) is 11.7. The molecule has 3 aromatic rings. The van der Waals surface area contributed by atoms with Gasteiger partial charge in [0.1, 0.15) is 11.4 Å². The third kappa shape index (κ3) is 2.38. The standard InChI is InChI=1S/C20H15NO3/c22-20(23)18-13-15-7-5-9-17-14-6-4-8-16(12-14)24-11-3-1-2-10-21(18)19(15)17/h1-9,11-13H,10H2,(H,22,23). The number of nitrogens with zero attached hydrogens (tertiary/aromatic N) is 1.